The fraction of sp³-hybridized carbons (Fsp3) is 0.188. The molecule has 0 aliphatic heterocycles. The summed E-state index contributed by atoms with van der Waals surface area (Å²) in [6.45, 7) is 3.95. The fourth-order valence-corrected chi connectivity index (χ4v) is 3.23. The molecule has 21 heavy (non-hydrogen) atoms. The van der Waals surface area contributed by atoms with E-state index in [0.717, 1.165) is 31.9 Å². The van der Waals surface area contributed by atoms with Gasteiger partial charge >= 0.3 is 6.03 Å². The van der Waals surface area contributed by atoms with Crippen LogP contribution in [-0.2, 0) is 0 Å². The van der Waals surface area contributed by atoms with Gasteiger partial charge in [-0.25, -0.2) is 4.79 Å². The van der Waals surface area contributed by atoms with E-state index < -0.39 is 0 Å². The number of hydrogen-bond donors (Lipinski definition) is 2. The quantitative estimate of drug-likeness (QED) is 0.712. The Morgan fingerprint density at radius 3 is 2.38 bits per heavy atom. The van der Waals surface area contributed by atoms with Gasteiger partial charge in [0.25, 0.3) is 0 Å². The lowest BCUT2D eigenvalue weighted by Gasteiger charge is -2.13. The monoisotopic (exact) mass is 364 g/mol. The van der Waals surface area contributed by atoms with Crippen molar-refractivity contribution in [1.82, 2.24) is 0 Å². The van der Waals surface area contributed by atoms with Gasteiger partial charge in [0, 0.05) is 20.7 Å². The van der Waals surface area contributed by atoms with Crippen molar-refractivity contribution in [3.8, 4) is 0 Å². The summed E-state index contributed by atoms with van der Waals surface area (Å²) in [5, 5.41) is 5.77. The number of aryl methyl sites for hydroxylation is 2. The minimum Gasteiger partial charge on any atom is -0.308 e. The summed E-state index contributed by atoms with van der Waals surface area (Å²) < 4.78 is 1.01. The average molecular weight is 365 g/mol. The summed E-state index contributed by atoms with van der Waals surface area (Å²) in [4.78, 5) is 13.2. The molecule has 2 amide bonds. The Morgan fingerprint density at radius 2 is 1.76 bits per heavy atom. The molecule has 2 rings (SSSR count). The average Bonchev–Trinajstić information content (AvgIpc) is 2.43. The highest BCUT2D eigenvalue weighted by Gasteiger charge is 2.09. The molecule has 0 heterocycles. The molecule has 0 unspecified atom stereocenters. The predicted octanol–water partition coefficient (Wildman–Crippen LogP) is 5.43. The first-order valence-corrected chi connectivity index (χ1v) is 8.50. The number of nitrogens with one attached hydrogen (secondary N) is 2. The van der Waals surface area contributed by atoms with E-state index >= 15 is 0 Å². The Balaban J connectivity index is 2.12. The maximum atomic E-state index is 12.1. The van der Waals surface area contributed by atoms with Gasteiger partial charge in [0.1, 0.15) is 0 Å². The van der Waals surface area contributed by atoms with Crippen LogP contribution in [0.15, 0.2) is 45.8 Å². The summed E-state index contributed by atoms with van der Waals surface area (Å²) >= 11 is 5.10. The third kappa shape index (κ3) is 4.25. The molecule has 2 N–H and O–H groups in total. The van der Waals surface area contributed by atoms with Crippen molar-refractivity contribution in [3.05, 3.63) is 52.0 Å². The first-order valence-electron chi connectivity index (χ1n) is 6.48. The highest BCUT2D eigenvalue weighted by molar-refractivity contribution is 9.10. The zero-order chi connectivity index (χ0) is 15.4. The van der Waals surface area contributed by atoms with Crippen LogP contribution in [0.5, 0.6) is 0 Å². The molecule has 0 aromatic heterocycles. The molecular weight excluding hydrogens is 348 g/mol. The molecule has 0 fully saturated rings. The van der Waals surface area contributed by atoms with Crippen molar-refractivity contribution in [2.45, 2.75) is 18.7 Å². The van der Waals surface area contributed by atoms with Gasteiger partial charge in [-0.1, -0.05) is 22.0 Å². The normalized spacial score (nSPS) is 10.3. The lowest BCUT2D eigenvalue weighted by molar-refractivity contribution is 0.262. The Morgan fingerprint density at radius 1 is 1.10 bits per heavy atom. The highest BCUT2D eigenvalue weighted by atomic mass is 79.9. The second-order valence-corrected chi connectivity index (χ2v) is 6.52. The number of benzene rings is 2. The van der Waals surface area contributed by atoms with Crippen LogP contribution in [-0.4, -0.2) is 12.3 Å². The SMILES string of the molecule is CSc1cccc(NC(=O)Nc2c(C)cc(Br)cc2C)c1. The van der Waals surface area contributed by atoms with Gasteiger partial charge in [-0.15, -0.1) is 11.8 Å². The van der Waals surface area contributed by atoms with E-state index in [4.69, 9.17) is 0 Å². The van der Waals surface area contributed by atoms with Crippen LogP contribution < -0.4 is 10.6 Å². The maximum absolute atomic E-state index is 12.1. The summed E-state index contributed by atoms with van der Waals surface area (Å²) in [6.07, 6.45) is 2.01. The molecule has 0 aliphatic carbocycles. The van der Waals surface area contributed by atoms with Gasteiger partial charge < -0.3 is 10.6 Å². The lowest BCUT2D eigenvalue weighted by atomic mass is 10.1. The Kier molecular flexibility index (Phi) is 5.31. The highest BCUT2D eigenvalue weighted by Crippen LogP contribution is 2.25. The topological polar surface area (TPSA) is 41.1 Å². The standard InChI is InChI=1S/C16H17BrN2OS/c1-10-7-12(17)8-11(2)15(10)19-16(20)18-13-5-4-6-14(9-13)21-3/h4-9H,1-3H3,(H2,18,19,20). The zero-order valence-electron chi connectivity index (χ0n) is 12.2. The van der Waals surface area contributed by atoms with E-state index in [0.29, 0.717) is 0 Å². The van der Waals surface area contributed by atoms with Gasteiger partial charge in [0.2, 0.25) is 0 Å². The van der Waals surface area contributed by atoms with Gasteiger partial charge in [-0.05, 0) is 61.6 Å². The lowest BCUT2D eigenvalue weighted by Crippen LogP contribution is -2.20. The summed E-state index contributed by atoms with van der Waals surface area (Å²) in [5.74, 6) is 0. The number of thioether (sulfide) groups is 1. The van der Waals surface area contributed by atoms with Crippen LogP contribution in [0.4, 0.5) is 16.2 Å². The Labute approximate surface area is 137 Å². The maximum Gasteiger partial charge on any atom is 0.323 e. The second-order valence-electron chi connectivity index (χ2n) is 4.73. The van der Waals surface area contributed by atoms with E-state index in [-0.39, 0.29) is 6.03 Å². The van der Waals surface area contributed by atoms with E-state index in [1.165, 1.54) is 0 Å². The number of rotatable bonds is 3. The second kappa shape index (κ2) is 7.00. The molecular formula is C16H17BrN2OS. The largest absolute Gasteiger partial charge is 0.323 e. The molecule has 2 aromatic carbocycles. The number of carbonyl (C=O) groups excluding carboxylic acids is 1. The van der Waals surface area contributed by atoms with Crippen molar-refractivity contribution in [2.24, 2.45) is 0 Å². The fourth-order valence-electron chi connectivity index (χ4n) is 2.08. The first kappa shape index (κ1) is 15.9. The molecule has 0 saturated heterocycles. The summed E-state index contributed by atoms with van der Waals surface area (Å²) in [6, 6.07) is 11.5. The van der Waals surface area contributed by atoms with E-state index in [1.54, 1.807) is 11.8 Å². The molecule has 2 aromatic rings. The van der Waals surface area contributed by atoms with Gasteiger partial charge in [0.05, 0.1) is 0 Å². The minimum absolute atomic E-state index is 0.234. The number of halogens is 1. The molecule has 0 atom stereocenters. The number of anilines is 2. The van der Waals surface area contributed by atoms with E-state index in [9.17, 15) is 4.79 Å². The van der Waals surface area contributed by atoms with Crippen LogP contribution in [0.1, 0.15) is 11.1 Å². The Bertz CT molecular complexity index is 650. The smallest absolute Gasteiger partial charge is 0.308 e. The third-order valence-corrected chi connectivity index (χ3v) is 4.25. The van der Waals surface area contributed by atoms with Gasteiger partial charge in [-0.2, -0.15) is 0 Å². The van der Waals surface area contributed by atoms with E-state index in [1.807, 2.05) is 56.5 Å². The van der Waals surface area contributed by atoms with Crippen LogP contribution in [0, 0.1) is 13.8 Å². The van der Waals surface area contributed by atoms with Crippen molar-refractivity contribution >= 4 is 45.1 Å². The van der Waals surface area contributed by atoms with Crippen LogP contribution in [0.3, 0.4) is 0 Å². The third-order valence-electron chi connectivity index (χ3n) is 3.06. The van der Waals surface area contributed by atoms with Gasteiger partial charge in [-0.3, -0.25) is 0 Å². The number of carbonyl (C=O) groups is 1. The number of amides is 2. The van der Waals surface area contributed by atoms with Crippen molar-refractivity contribution in [1.29, 1.82) is 0 Å². The van der Waals surface area contributed by atoms with Crippen molar-refractivity contribution < 1.29 is 4.79 Å². The molecule has 3 nitrogen and oxygen atoms in total. The Hall–Kier alpha value is -1.46. The van der Waals surface area contributed by atoms with Crippen LogP contribution in [0.25, 0.3) is 0 Å². The van der Waals surface area contributed by atoms with Crippen molar-refractivity contribution in [2.75, 3.05) is 16.9 Å². The molecule has 5 heteroatoms. The van der Waals surface area contributed by atoms with Crippen molar-refractivity contribution in [3.63, 3.8) is 0 Å². The summed E-state index contributed by atoms with van der Waals surface area (Å²) in [7, 11) is 0. The molecule has 0 bridgehead atoms. The summed E-state index contributed by atoms with van der Waals surface area (Å²) in [5.41, 5.74) is 3.67. The molecule has 0 spiro atoms. The molecule has 0 radical (unpaired) electrons. The number of hydrogen-bond acceptors (Lipinski definition) is 2. The number of urea groups is 1. The van der Waals surface area contributed by atoms with Gasteiger partial charge in [0.15, 0.2) is 0 Å². The molecule has 0 saturated carbocycles. The zero-order valence-corrected chi connectivity index (χ0v) is 14.6. The van der Waals surface area contributed by atoms with Crippen LogP contribution >= 0.6 is 27.7 Å². The predicted molar refractivity (Wildman–Crippen MR) is 94.5 cm³/mol. The van der Waals surface area contributed by atoms with E-state index in [2.05, 4.69) is 26.6 Å². The minimum atomic E-state index is -0.234. The molecule has 0 aliphatic rings. The molecule has 110 valence electrons. The first-order chi connectivity index (χ1) is 9.99. The van der Waals surface area contributed by atoms with Crippen LogP contribution in [0.2, 0.25) is 0 Å².